The first kappa shape index (κ1) is 17.5. The van der Waals surface area contributed by atoms with Crippen molar-refractivity contribution in [3.8, 4) is 0 Å². The maximum atomic E-state index is 6.30. The summed E-state index contributed by atoms with van der Waals surface area (Å²) in [5.41, 5.74) is 1.31. The lowest BCUT2D eigenvalue weighted by molar-refractivity contribution is -0.0358. The van der Waals surface area contributed by atoms with E-state index in [1.54, 1.807) is 0 Å². The van der Waals surface area contributed by atoms with Crippen LogP contribution >= 0.6 is 23.2 Å². The summed E-state index contributed by atoms with van der Waals surface area (Å²) in [4.78, 5) is 2.70. The standard InChI is InChI=1S/C18H26Cl2N2O/c19-16-6-4-5-15(17(16)20)13-21-14-18(7-11-23-12-8-18)22-9-2-1-3-10-22/h4-6,21H,1-3,7-14H2. The van der Waals surface area contributed by atoms with Crippen molar-refractivity contribution in [2.24, 2.45) is 0 Å². The monoisotopic (exact) mass is 356 g/mol. The van der Waals surface area contributed by atoms with Crippen LogP contribution in [0.5, 0.6) is 0 Å². The molecule has 0 aliphatic carbocycles. The van der Waals surface area contributed by atoms with E-state index in [0.717, 1.165) is 44.7 Å². The fourth-order valence-electron chi connectivity index (χ4n) is 3.84. The predicted molar refractivity (Wildman–Crippen MR) is 96.4 cm³/mol. The van der Waals surface area contributed by atoms with Crippen LogP contribution in [0.2, 0.25) is 10.0 Å². The molecule has 128 valence electrons. The molecular formula is C18H26Cl2N2O. The zero-order valence-electron chi connectivity index (χ0n) is 13.6. The van der Waals surface area contributed by atoms with Gasteiger partial charge in [-0.25, -0.2) is 0 Å². The molecule has 2 fully saturated rings. The van der Waals surface area contributed by atoms with Gasteiger partial charge in [0, 0.05) is 31.8 Å². The number of benzene rings is 1. The van der Waals surface area contributed by atoms with E-state index in [1.165, 1.54) is 32.4 Å². The fourth-order valence-corrected chi connectivity index (χ4v) is 4.23. The molecule has 2 saturated heterocycles. The molecule has 1 aromatic rings. The summed E-state index contributed by atoms with van der Waals surface area (Å²) in [5.74, 6) is 0. The number of piperidine rings is 1. The third-order valence-electron chi connectivity index (χ3n) is 5.25. The molecular weight excluding hydrogens is 331 g/mol. The third kappa shape index (κ3) is 4.21. The van der Waals surface area contributed by atoms with Crippen LogP contribution in [0.25, 0.3) is 0 Å². The molecule has 0 radical (unpaired) electrons. The first-order valence-electron chi connectivity index (χ1n) is 8.68. The molecule has 1 aromatic carbocycles. The Morgan fingerprint density at radius 1 is 1.09 bits per heavy atom. The Morgan fingerprint density at radius 2 is 1.83 bits per heavy atom. The average Bonchev–Trinajstić information content (AvgIpc) is 2.60. The normalized spacial score (nSPS) is 22.2. The molecule has 0 amide bonds. The zero-order chi connectivity index (χ0) is 16.1. The molecule has 0 atom stereocenters. The minimum Gasteiger partial charge on any atom is -0.381 e. The van der Waals surface area contributed by atoms with Crippen molar-refractivity contribution in [1.29, 1.82) is 0 Å². The molecule has 3 nitrogen and oxygen atoms in total. The molecule has 0 unspecified atom stereocenters. The summed E-state index contributed by atoms with van der Waals surface area (Å²) in [6.45, 7) is 5.93. The van der Waals surface area contributed by atoms with E-state index in [9.17, 15) is 0 Å². The number of likely N-dealkylation sites (tertiary alicyclic amines) is 1. The number of nitrogens with one attached hydrogen (secondary N) is 1. The number of halogens is 2. The van der Waals surface area contributed by atoms with Gasteiger partial charge in [0.15, 0.2) is 0 Å². The summed E-state index contributed by atoms with van der Waals surface area (Å²) in [6, 6.07) is 5.83. The van der Waals surface area contributed by atoms with Crippen molar-refractivity contribution < 1.29 is 4.74 Å². The van der Waals surface area contributed by atoms with Gasteiger partial charge in [0.25, 0.3) is 0 Å². The smallest absolute Gasteiger partial charge is 0.0637 e. The van der Waals surface area contributed by atoms with Crippen molar-refractivity contribution in [2.75, 3.05) is 32.8 Å². The number of rotatable bonds is 5. The van der Waals surface area contributed by atoms with Crippen LogP contribution < -0.4 is 5.32 Å². The Kier molecular flexibility index (Phi) is 6.22. The molecule has 0 spiro atoms. The second-order valence-electron chi connectivity index (χ2n) is 6.70. The molecule has 3 rings (SSSR count). The number of hydrogen-bond acceptors (Lipinski definition) is 3. The van der Waals surface area contributed by atoms with Gasteiger partial charge in [0.1, 0.15) is 0 Å². The lowest BCUT2D eigenvalue weighted by Gasteiger charge is -2.48. The van der Waals surface area contributed by atoms with Gasteiger partial charge in [0.2, 0.25) is 0 Å². The van der Waals surface area contributed by atoms with Crippen molar-refractivity contribution >= 4 is 23.2 Å². The van der Waals surface area contributed by atoms with Crippen LogP contribution in [-0.4, -0.2) is 43.3 Å². The molecule has 2 aliphatic heterocycles. The van der Waals surface area contributed by atoms with Crippen molar-refractivity contribution in [1.82, 2.24) is 10.2 Å². The second kappa shape index (κ2) is 8.17. The fraction of sp³-hybridized carbons (Fsp3) is 0.667. The average molecular weight is 357 g/mol. The van der Waals surface area contributed by atoms with Gasteiger partial charge in [-0.3, -0.25) is 4.90 Å². The van der Waals surface area contributed by atoms with Crippen molar-refractivity contribution in [3.05, 3.63) is 33.8 Å². The minimum atomic E-state index is 0.240. The third-order valence-corrected chi connectivity index (χ3v) is 6.11. The number of ether oxygens (including phenoxy) is 1. The summed E-state index contributed by atoms with van der Waals surface area (Å²) >= 11 is 12.4. The highest BCUT2D eigenvalue weighted by molar-refractivity contribution is 6.42. The molecule has 23 heavy (non-hydrogen) atoms. The molecule has 2 heterocycles. The van der Waals surface area contributed by atoms with Crippen LogP contribution in [0.4, 0.5) is 0 Å². The van der Waals surface area contributed by atoms with Gasteiger partial charge in [0.05, 0.1) is 10.0 Å². The van der Waals surface area contributed by atoms with Crippen LogP contribution in [0.3, 0.4) is 0 Å². The number of nitrogens with zero attached hydrogens (tertiary/aromatic N) is 1. The predicted octanol–water partition coefficient (Wildman–Crippen LogP) is 4.12. The lowest BCUT2D eigenvalue weighted by Crippen LogP contribution is -2.59. The molecule has 0 aromatic heterocycles. The van der Waals surface area contributed by atoms with E-state index < -0.39 is 0 Å². The molecule has 2 aliphatic rings. The van der Waals surface area contributed by atoms with E-state index in [4.69, 9.17) is 27.9 Å². The van der Waals surface area contributed by atoms with Gasteiger partial charge < -0.3 is 10.1 Å². The maximum absolute atomic E-state index is 6.30. The van der Waals surface area contributed by atoms with Crippen molar-refractivity contribution in [2.45, 2.75) is 44.2 Å². The molecule has 1 N–H and O–H groups in total. The van der Waals surface area contributed by atoms with Crippen LogP contribution in [0, 0.1) is 0 Å². The minimum absolute atomic E-state index is 0.240. The zero-order valence-corrected chi connectivity index (χ0v) is 15.1. The summed E-state index contributed by atoms with van der Waals surface area (Å²) in [7, 11) is 0. The Balaban J connectivity index is 1.63. The SMILES string of the molecule is Clc1cccc(CNCC2(N3CCCCC3)CCOCC2)c1Cl. The highest BCUT2D eigenvalue weighted by Gasteiger charge is 2.38. The van der Waals surface area contributed by atoms with E-state index >= 15 is 0 Å². The second-order valence-corrected chi connectivity index (χ2v) is 7.49. The van der Waals surface area contributed by atoms with Gasteiger partial charge in [-0.1, -0.05) is 41.8 Å². The van der Waals surface area contributed by atoms with Gasteiger partial charge >= 0.3 is 0 Å². The Labute approximate surface area is 149 Å². The van der Waals surface area contributed by atoms with Crippen LogP contribution in [-0.2, 0) is 11.3 Å². The first-order valence-corrected chi connectivity index (χ1v) is 9.43. The molecule has 0 saturated carbocycles. The van der Waals surface area contributed by atoms with Gasteiger partial charge in [-0.15, -0.1) is 0 Å². The van der Waals surface area contributed by atoms with E-state index in [1.807, 2.05) is 18.2 Å². The summed E-state index contributed by atoms with van der Waals surface area (Å²) in [6.07, 6.45) is 6.24. The summed E-state index contributed by atoms with van der Waals surface area (Å²) < 4.78 is 5.62. The first-order chi connectivity index (χ1) is 11.2. The molecule has 0 bridgehead atoms. The van der Waals surface area contributed by atoms with E-state index in [2.05, 4.69) is 10.2 Å². The number of hydrogen-bond donors (Lipinski definition) is 1. The van der Waals surface area contributed by atoms with Crippen LogP contribution in [0.15, 0.2) is 18.2 Å². The van der Waals surface area contributed by atoms with E-state index in [-0.39, 0.29) is 5.54 Å². The van der Waals surface area contributed by atoms with Crippen LogP contribution in [0.1, 0.15) is 37.7 Å². The Hall–Kier alpha value is -0.320. The quantitative estimate of drug-likeness (QED) is 0.858. The largest absolute Gasteiger partial charge is 0.381 e. The van der Waals surface area contributed by atoms with E-state index in [0.29, 0.717) is 10.0 Å². The highest BCUT2D eigenvalue weighted by Crippen LogP contribution is 2.31. The Morgan fingerprint density at radius 3 is 2.57 bits per heavy atom. The maximum Gasteiger partial charge on any atom is 0.0637 e. The van der Waals surface area contributed by atoms with Crippen molar-refractivity contribution in [3.63, 3.8) is 0 Å². The van der Waals surface area contributed by atoms with Gasteiger partial charge in [-0.05, 0) is 50.4 Å². The topological polar surface area (TPSA) is 24.5 Å². The highest BCUT2D eigenvalue weighted by atomic mass is 35.5. The molecule has 5 heteroatoms. The van der Waals surface area contributed by atoms with Gasteiger partial charge in [-0.2, -0.15) is 0 Å². The summed E-state index contributed by atoms with van der Waals surface area (Å²) in [5, 5.41) is 4.93. The Bertz CT molecular complexity index is 512. The lowest BCUT2D eigenvalue weighted by atomic mass is 9.86.